The lowest BCUT2D eigenvalue weighted by atomic mass is 9.85. The van der Waals surface area contributed by atoms with E-state index >= 15 is 0 Å². The number of aromatic nitrogens is 2. The molecule has 1 aliphatic rings. The van der Waals surface area contributed by atoms with Gasteiger partial charge in [-0.1, -0.05) is 30.7 Å². The van der Waals surface area contributed by atoms with Crippen molar-refractivity contribution in [2.75, 3.05) is 0 Å². The normalized spacial score (nSPS) is 17.9. The summed E-state index contributed by atoms with van der Waals surface area (Å²) < 4.78 is 3.88. The largest absolute Gasteiger partial charge is 0.293 e. The molecule has 3 nitrogen and oxygen atoms in total. The van der Waals surface area contributed by atoms with Crippen LogP contribution in [0.15, 0.2) is 0 Å². The van der Waals surface area contributed by atoms with Crippen LogP contribution in [-0.2, 0) is 6.42 Å². The minimum atomic E-state index is 0.242. The molecule has 0 bridgehead atoms. The van der Waals surface area contributed by atoms with Gasteiger partial charge < -0.3 is 0 Å². The van der Waals surface area contributed by atoms with Gasteiger partial charge in [-0.05, 0) is 30.8 Å². The molecule has 1 aromatic heterocycles. The van der Waals surface area contributed by atoms with E-state index in [0.717, 1.165) is 29.8 Å². The number of carbonyl (C=O) groups is 1. The van der Waals surface area contributed by atoms with Gasteiger partial charge in [0.1, 0.15) is 4.88 Å². The van der Waals surface area contributed by atoms with Crippen LogP contribution in [0.5, 0.6) is 0 Å². The van der Waals surface area contributed by atoms with Gasteiger partial charge >= 0.3 is 0 Å². The third kappa shape index (κ3) is 2.25. The first-order valence-electron chi connectivity index (χ1n) is 5.68. The molecule has 0 unspecified atom stereocenters. The van der Waals surface area contributed by atoms with Crippen molar-refractivity contribution >= 4 is 17.3 Å². The van der Waals surface area contributed by atoms with E-state index < -0.39 is 0 Å². The molecule has 4 heteroatoms. The number of nitrogens with zero attached hydrogens (tertiary/aromatic N) is 2. The van der Waals surface area contributed by atoms with Crippen molar-refractivity contribution in [1.82, 2.24) is 9.59 Å². The highest BCUT2D eigenvalue weighted by Crippen LogP contribution is 2.28. The highest BCUT2D eigenvalue weighted by molar-refractivity contribution is 7.08. The minimum absolute atomic E-state index is 0.242. The number of hydrogen-bond donors (Lipinski definition) is 0. The maximum Gasteiger partial charge on any atom is 0.179 e. The van der Waals surface area contributed by atoms with Gasteiger partial charge in [-0.2, -0.15) is 0 Å². The maximum absolute atomic E-state index is 12.2. The topological polar surface area (TPSA) is 42.9 Å². The third-order valence-electron chi connectivity index (χ3n) is 3.09. The molecule has 0 aliphatic heterocycles. The quantitative estimate of drug-likeness (QED) is 0.741. The number of hydrogen-bond acceptors (Lipinski definition) is 4. The molecule has 2 rings (SSSR count). The number of carbonyl (C=O) groups excluding carboxylic acids is 1. The van der Waals surface area contributed by atoms with Gasteiger partial charge in [-0.15, -0.1) is 5.10 Å². The van der Waals surface area contributed by atoms with Crippen LogP contribution in [0, 0.1) is 5.92 Å². The summed E-state index contributed by atoms with van der Waals surface area (Å²) in [4.78, 5) is 13.0. The smallest absolute Gasteiger partial charge is 0.179 e. The summed E-state index contributed by atoms with van der Waals surface area (Å²) in [5, 5.41) is 4.00. The second-order valence-electron chi connectivity index (χ2n) is 4.10. The first-order chi connectivity index (χ1) is 7.33. The Balaban J connectivity index is 2.12. The summed E-state index contributed by atoms with van der Waals surface area (Å²) in [5.74, 6) is 0.535. The highest BCUT2D eigenvalue weighted by Gasteiger charge is 2.25. The summed E-state index contributed by atoms with van der Waals surface area (Å²) >= 11 is 1.27. The second-order valence-corrected chi connectivity index (χ2v) is 4.86. The van der Waals surface area contributed by atoms with Crippen LogP contribution in [0.2, 0.25) is 0 Å². The Kier molecular flexibility index (Phi) is 3.46. The van der Waals surface area contributed by atoms with Crippen molar-refractivity contribution in [3.05, 3.63) is 10.6 Å². The Morgan fingerprint density at radius 2 is 2.13 bits per heavy atom. The lowest BCUT2D eigenvalue weighted by Gasteiger charge is -2.19. The molecular formula is C11H16N2OS. The highest BCUT2D eigenvalue weighted by atomic mass is 32.1. The van der Waals surface area contributed by atoms with E-state index in [9.17, 15) is 4.79 Å². The van der Waals surface area contributed by atoms with Gasteiger partial charge in [0.25, 0.3) is 0 Å². The van der Waals surface area contributed by atoms with E-state index in [0.29, 0.717) is 5.78 Å². The van der Waals surface area contributed by atoms with E-state index in [1.165, 1.54) is 30.8 Å². The fraction of sp³-hybridized carbons (Fsp3) is 0.727. The molecule has 0 saturated heterocycles. The van der Waals surface area contributed by atoms with E-state index in [1.54, 1.807) is 0 Å². The zero-order valence-electron chi connectivity index (χ0n) is 9.03. The van der Waals surface area contributed by atoms with Crippen LogP contribution >= 0.6 is 11.5 Å². The van der Waals surface area contributed by atoms with Crippen molar-refractivity contribution in [2.24, 2.45) is 5.92 Å². The Labute approximate surface area is 94.1 Å². The number of Topliss-reactive ketones (excluding diaryl/α,β-unsaturated/α-hetero) is 1. The zero-order chi connectivity index (χ0) is 10.7. The summed E-state index contributed by atoms with van der Waals surface area (Å²) in [6, 6.07) is 0. The molecule has 1 aliphatic carbocycles. The van der Waals surface area contributed by atoms with Crippen molar-refractivity contribution in [1.29, 1.82) is 0 Å². The SMILES string of the molecule is CCc1nnsc1C(=O)C1CCCCC1. The molecule has 82 valence electrons. The number of ketones is 1. The van der Waals surface area contributed by atoms with Crippen molar-refractivity contribution in [3.63, 3.8) is 0 Å². The lowest BCUT2D eigenvalue weighted by molar-refractivity contribution is 0.0892. The molecule has 0 atom stereocenters. The van der Waals surface area contributed by atoms with Gasteiger partial charge in [0, 0.05) is 5.92 Å². The van der Waals surface area contributed by atoms with E-state index in [2.05, 4.69) is 9.59 Å². The van der Waals surface area contributed by atoms with E-state index in [4.69, 9.17) is 0 Å². The summed E-state index contributed by atoms with van der Waals surface area (Å²) in [7, 11) is 0. The molecule has 0 N–H and O–H groups in total. The minimum Gasteiger partial charge on any atom is -0.293 e. The zero-order valence-corrected chi connectivity index (χ0v) is 9.85. The Bertz CT molecular complexity index is 342. The van der Waals surface area contributed by atoms with Crippen molar-refractivity contribution in [2.45, 2.75) is 45.4 Å². The van der Waals surface area contributed by atoms with Crippen LogP contribution in [0.4, 0.5) is 0 Å². The predicted molar refractivity (Wildman–Crippen MR) is 60.2 cm³/mol. The average Bonchev–Trinajstić information content (AvgIpc) is 2.77. The molecule has 1 saturated carbocycles. The molecule has 15 heavy (non-hydrogen) atoms. The fourth-order valence-corrected chi connectivity index (χ4v) is 2.95. The third-order valence-corrected chi connectivity index (χ3v) is 3.87. The second kappa shape index (κ2) is 4.84. The van der Waals surface area contributed by atoms with Gasteiger partial charge in [-0.3, -0.25) is 4.79 Å². The predicted octanol–water partition coefficient (Wildman–Crippen LogP) is 2.86. The van der Waals surface area contributed by atoms with Gasteiger partial charge in [-0.25, -0.2) is 0 Å². The van der Waals surface area contributed by atoms with Crippen LogP contribution in [0.25, 0.3) is 0 Å². The maximum atomic E-state index is 12.2. The van der Waals surface area contributed by atoms with Gasteiger partial charge in [0.15, 0.2) is 5.78 Å². The first kappa shape index (κ1) is 10.7. The van der Waals surface area contributed by atoms with Crippen molar-refractivity contribution < 1.29 is 4.79 Å². The standard InChI is InChI=1S/C11H16N2OS/c1-2-9-11(15-13-12-9)10(14)8-6-4-3-5-7-8/h8H,2-7H2,1H3. The molecule has 1 aromatic rings. The van der Waals surface area contributed by atoms with Crippen LogP contribution < -0.4 is 0 Å². The molecule has 0 spiro atoms. The lowest BCUT2D eigenvalue weighted by Crippen LogP contribution is -2.18. The first-order valence-corrected chi connectivity index (χ1v) is 6.45. The molecule has 0 amide bonds. The molecule has 1 heterocycles. The molecular weight excluding hydrogens is 208 g/mol. The van der Waals surface area contributed by atoms with Gasteiger partial charge in [0.05, 0.1) is 5.69 Å². The van der Waals surface area contributed by atoms with Crippen LogP contribution in [0.1, 0.15) is 54.4 Å². The summed E-state index contributed by atoms with van der Waals surface area (Å²) in [5.41, 5.74) is 0.885. The van der Waals surface area contributed by atoms with Crippen LogP contribution in [0.3, 0.4) is 0 Å². The van der Waals surface area contributed by atoms with E-state index in [1.807, 2.05) is 6.92 Å². The molecule has 0 aromatic carbocycles. The fourth-order valence-electron chi connectivity index (χ4n) is 2.18. The average molecular weight is 224 g/mol. The summed E-state index contributed by atoms with van der Waals surface area (Å²) in [6.45, 7) is 2.02. The number of rotatable bonds is 3. The molecule has 1 fully saturated rings. The Morgan fingerprint density at radius 3 is 2.80 bits per heavy atom. The summed E-state index contributed by atoms with van der Waals surface area (Å²) in [6.07, 6.45) is 6.60. The van der Waals surface area contributed by atoms with E-state index in [-0.39, 0.29) is 5.92 Å². The Morgan fingerprint density at radius 1 is 1.40 bits per heavy atom. The van der Waals surface area contributed by atoms with Crippen LogP contribution in [-0.4, -0.2) is 15.4 Å². The monoisotopic (exact) mass is 224 g/mol. The Hall–Kier alpha value is -0.770. The van der Waals surface area contributed by atoms with Crippen molar-refractivity contribution in [3.8, 4) is 0 Å². The number of aryl methyl sites for hydroxylation is 1. The molecule has 0 radical (unpaired) electrons. The van der Waals surface area contributed by atoms with Gasteiger partial charge in [0.2, 0.25) is 0 Å².